The lowest BCUT2D eigenvalue weighted by Crippen LogP contribution is -2.32. The Morgan fingerprint density at radius 2 is 2.00 bits per heavy atom. The molecule has 0 amide bonds. The lowest BCUT2D eigenvalue weighted by Gasteiger charge is -2.31. The molecule has 0 unspecified atom stereocenters. The van der Waals surface area contributed by atoms with Crippen LogP contribution in [0.5, 0.6) is 5.75 Å². The van der Waals surface area contributed by atoms with Crippen LogP contribution in [-0.2, 0) is 4.79 Å². The van der Waals surface area contributed by atoms with E-state index < -0.39 is 0 Å². The van der Waals surface area contributed by atoms with E-state index in [9.17, 15) is 4.79 Å². The van der Waals surface area contributed by atoms with Crippen LogP contribution in [0.2, 0.25) is 0 Å². The van der Waals surface area contributed by atoms with Crippen molar-refractivity contribution in [1.29, 1.82) is 0 Å². The molecule has 0 aliphatic heterocycles. The van der Waals surface area contributed by atoms with Gasteiger partial charge in [0.15, 0.2) is 0 Å². The Morgan fingerprint density at radius 1 is 1.30 bits per heavy atom. The Hall–Kier alpha value is -1.51. The molecule has 0 radical (unpaired) electrons. The Bertz CT molecular complexity index is 438. The number of anilines is 1. The number of carbonyl (C=O) groups excluding carboxylic acids is 1. The highest BCUT2D eigenvalue weighted by atomic mass is 16.5. The minimum absolute atomic E-state index is 0.226. The molecule has 2 rings (SSSR count). The summed E-state index contributed by atoms with van der Waals surface area (Å²) < 4.78 is 5.39. The second kappa shape index (κ2) is 7.32. The summed E-state index contributed by atoms with van der Waals surface area (Å²) in [5, 5.41) is 3.55. The maximum atomic E-state index is 11.6. The van der Waals surface area contributed by atoms with Gasteiger partial charge in [-0.05, 0) is 37.8 Å². The second-order valence-electron chi connectivity index (χ2n) is 5.76. The SMILES string of the molecule is COc1ccccc1N[C@H](CC(C)=O)C1CCCCC1. The topological polar surface area (TPSA) is 38.3 Å². The molecule has 1 aliphatic carbocycles. The number of benzene rings is 1. The average molecular weight is 275 g/mol. The van der Waals surface area contributed by atoms with Gasteiger partial charge in [0.2, 0.25) is 0 Å². The van der Waals surface area contributed by atoms with Gasteiger partial charge in [-0.2, -0.15) is 0 Å². The van der Waals surface area contributed by atoms with Gasteiger partial charge in [0.25, 0.3) is 0 Å². The summed E-state index contributed by atoms with van der Waals surface area (Å²) in [7, 11) is 1.68. The Kier molecular flexibility index (Phi) is 5.45. The van der Waals surface area contributed by atoms with Crippen molar-refractivity contribution in [2.24, 2.45) is 5.92 Å². The van der Waals surface area contributed by atoms with E-state index in [1.807, 2.05) is 24.3 Å². The van der Waals surface area contributed by atoms with Crippen LogP contribution in [0.15, 0.2) is 24.3 Å². The predicted molar refractivity (Wildman–Crippen MR) is 82.3 cm³/mol. The molecule has 1 N–H and O–H groups in total. The van der Waals surface area contributed by atoms with E-state index in [0.717, 1.165) is 11.4 Å². The maximum Gasteiger partial charge on any atom is 0.141 e. The first-order valence-electron chi connectivity index (χ1n) is 7.59. The zero-order chi connectivity index (χ0) is 14.4. The number of hydrogen-bond acceptors (Lipinski definition) is 3. The van der Waals surface area contributed by atoms with Gasteiger partial charge in [-0.15, -0.1) is 0 Å². The molecular formula is C17H25NO2. The van der Waals surface area contributed by atoms with E-state index >= 15 is 0 Å². The second-order valence-corrected chi connectivity index (χ2v) is 5.76. The zero-order valence-corrected chi connectivity index (χ0v) is 12.5. The fourth-order valence-electron chi connectivity index (χ4n) is 3.15. The van der Waals surface area contributed by atoms with Gasteiger partial charge >= 0.3 is 0 Å². The molecule has 110 valence electrons. The van der Waals surface area contributed by atoms with Crippen LogP contribution in [0, 0.1) is 5.92 Å². The number of nitrogens with one attached hydrogen (secondary N) is 1. The molecule has 1 fully saturated rings. The van der Waals surface area contributed by atoms with Crippen LogP contribution in [0.1, 0.15) is 45.4 Å². The smallest absolute Gasteiger partial charge is 0.141 e. The van der Waals surface area contributed by atoms with Gasteiger partial charge in [-0.3, -0.25) is 4.79 Å². The van der Waals surface area contributed by atoms with E-state index in [0.29, 0.717) is 12.3 Å². The maximum absolute atomic E-state index is 11.6. The summed E-state index contributed by atoms with van der Waals surface area (Å²) in [6, 6.07) is 8.16. The number of ketones is 1. The Morgan fingerprint density at radius 3 is 2.65 bits per heavy atom. The first-order valence-corrected chi connectivity index (χ1v) is 7.59. The van der Waals surface area contributed by atoms with Gasteiger partial charge in [-0.25, -0.2) is 0 Å². The van der Waals surface area contributed by atoms with E-state index in [1.54, 1.807) is 14.0 Å². The quantitative estimate of drug-likeness (QED) is 0.851. The minimum atomic E-state index is 0.226. The molecule has 1 aliphatic rings. The van der Waals surface area contributed by atoms with Gasteiger partial charge in [0, 0.05) is 12.5 Å². The van der Waals surface area contributed by atoms with E-state index in [2.05, 4.69) is 5.32 Å². The molecule has 20 heavy (non-hydrogen) atoms. The van der Waals surface area contributed by atoms with Crippen molar-refractivity contribution in [1.82, 2.24) is 0 Å². The van der Waals surface area contributed by atoms with Crippen LogP contribution in [0.25, 0.3) is 0 Å². The molecule has 3 heteroatoms. The van der Waals surface area contributed by atoms with E-state index in [4.69, 9.17) is 4.74 Å². The average Bonchev–Trinajstić information content (AvgIpc) is 2.47. The van der Waals surface area contributed by atoms with Crippen LogP contribution in [-0.4, -0.2) is 18.9 Å². The van der Waals surface area contributed by atoms with Gasteiger partial charge in [0.1, 0.15) is 11.5 Å². The molecule has 0 saturated heterocycles. The molecule has 1 saturated carbocycles. The molecular weight excluding hydrogens is 250 g/mol. The number of para-hydroxylation sites is 2. The van der Waals surface area contributed by atoms with Crippen molar-refractivity contribution in [3.8, 4) is 5.75 Å². The number of rotatable bonds is 6. The summed E-state index contributed by atoms with van der Waals surface area (Å²) in [4.78, 5) is 11.6. The van der Waals surface area contributed by atoms with Crippen LogP contribution < -0.4 is 10.1 Å². The van der Waals surface area contributed by atoms with Crippen LogP contribution >= 0.6 is 0 Å². The molecule has 1 aromatic rings. The fraction of sp³-hybridized carbons (Fsp3) is 0.588. The summed E-state index contributed by atoms with van der Waals surface area (Å²) in [5.41, 5.74) is 0.992. The summed E-state index contributed by atoms with van der Waals surface area (Å²) in [6.45, 7) is 1.68. The van der Waals surface area contributed by atoms with Crippen molar-refractivity contribution < 1.29 is 9.53 Å². The number of hydrogen-bond donors (Lipinski definition) is 1. The van der Waals surface area contributed by atoms with Gasteiger partial charge in [0.05, 0.1) is 12.8 Å². The Balaban J connectivity index is 2.11. The van der Waals surface area contributed by atoms with E-state index in [-0.39, 0.29) is 11.8 Å². The standard InChI is InChI=1S/C17H25NO2/c1-13(19)12-16(14-8-4-3-5-9-14)18-15-10-6-7-11-17(15)20-2/h6-7,10-11,14,16,18H,3-5,8-9,12H2,1-2H3/t16-/m1/s1. The summed E-state index contributed by atoms with van der Waals surface area (Å²) in [6.07, 6.45) is 6.94. The third-order valence-corrected chi connectivity index (χ3v) is 4.17. The van der Waals surface area contributed by atoms with Gasteiger partial charge < -0.3 is 10.1 Å². The summed E-state index contributed by atoms with van der Waals surface area (Å²) >= 11 is 0. The lowest BCUT2D eigenvalue weighted by atomic mass is 9.82. The van der Waals surface area contributed by atoms with Crippen LogP contribution in [0.4, 0.5) is 5.69 Å². The van der Waals surface area contributed by atoms with Crippen LogP contribution in [0.3, 0.4) is 0 Å². The largest absolute Gasteiger partial charge is 0.495 e. The fourth-order valence-corrected chi connectivity index (χ4v) is 3.15. The Labute approximate surface area is 121 Å². The highest BCUT2D eigenvalue weighted by Crippen LogP contribution is 2.32. The van der Waals surface area contributed by atoms with Crippen molar-refractivity contribution in [3.05, 3.63) is 24.3 Å². The first kappa shape index (κ1) is 14.9. The molecule has 0 aromatic heterocycles. The molecule has 1 aromatic carbocycles. The third-order valence-electron chi connectivity index (χ3n) is 4.17. The number of ether oxygens (including phenoxy) is 1. The highest BCUT2D eigenvalue weighted by Gasteiger charge is 2.25. The zero-order valence-electron chi connectivity index (χ0n) is 12.5. The highest BCUT2D eigenvalue weighted by molar-refractivity contribution is 5.76. The monoisotopic (exact) mass is 275 g/mol. The van der Waals surface area contributed by atoms with Crippen molar-refractivity contribution in [2.45, 2.75) is 51.5 Å². The molecule has 0 spiro atoms. The summed E-state index contributed by atoms with van der Waals surface area (Å²) in [5.74, 6) is 1.69. The molecule has 0 bridgehead atoms. The van der Waals surface area contributed by atoms with E-state index in [1.165, 1.54) is 32.1 Å². The predicted octanol–water partition coefficient (Wildman–Crippen LogP) is 4.04. The minimum Gasteiger partial charge on any atom is -0.495 e. The lowest BCUT2D eigenvalue weighted by molar-refractivity contribution is -0.117. The van der Waals surface area contributed by atoms with Gasteiger partial charge in [-0.1, -0.05) is 31.4 Å². The molecule has 3 nitrogen and oxygen atoms in total. The van der Waals surface area contributed by atoms with Crippen molar-refractivity contribution >= 4 is 11.5 Å². The molecule has 1 atom stereocenters. The number of Topliss-reactive ketones (excluding diaryl/α,β-unsaturated/α-hetero) is 1. The first-order chi connectivity index (χ1) is 9.70. The normalized spacial score (nSPS) is 17.5. The molecule has 0 heterocycles. The number of carbonyl (C=O) groups is 1. The number of methoxy groups -OCH3 is 1. The van der Waals surface area contributed by atoms with Crippen molar-refractivity contribution in [2.75, 3.05) is 12.4 Å². The third kappa shape index (κ3) is 3.99. The van der Waals surface area contributed by atoms with Crippen molar-refractivity contribution in [3.63, 3.8) is 0 Å².